The number of benzene rings is 2. The van der Waals surface area contributed by atoms with Gasteiger partial charge in [0.2, 0.25) is 5.79 Å². The van der Waals surface area contributed by atoms with Gasteiger partial charge < -0.3 is 4.74 Å². The minimum absolute atomic E-state index is 0.0839. The Morgan fingerprint density at radius 1 is 0.750 bits per heavy atom. The van der Waals surface area contributed by atoms with Gasteiger partial charge in [-0.1, -0.05) is 73.5 Å². The fourth-order valence-corrected chi connectivity index (χ4v) is 4.78. The average molecular weight is 376 g/mol. The van der Waals surface area contributed by atoms with Gasteiger partial charge in [-0.15, -0.1) is 0 Å². The van der Waals surface area contributed by atoms with Crippen molar-refractivity contribution >= 4 is 5.57 Å². The molecule has 0 aromatic heterocycles. The predicted molar refractivity (Wildman–Crippen MR) is 110 cm³/mol. The molecule has 0 unspecified atom stereocenters. The van der Waals surface area contributed by atoms with Gasteiger partial charge in [-0.25, -0.2) is 9.78 Å². The normalized spacial score (nSPS) is 26.9. The van der Waals surface area contributed by atoms with Crippen molar-refractivity contribution in [1.82, 2.24) is 0 Å². The van der Waals surface area contributed by atoms with E-state index in [0.717, 1.165) is 38.5 Å². The highest BCUT2D eigenvalue weighted by Gasteiger charge is 2.46. The third kappa shape index (κ3) is 3.55. The van der Waals surface area contributed by atoms with Gasteiger partial charge in [0.1, 0.15) is 6.10 Å². The van der Waals surface area contributed by atoms with Gasteiger partial charge in [0.05, 0.1) is 6.10 Å². The third-order valence-electron chi connectivity index (χ3n) is 6.32. The fraction of sp³-hybridized carbons (Fsp3) is 0.440. The van der Waals surface area contributed by atoms with E-state index < -0.39 is 5.79 Å². The molecule has 3 heteroatoms. The summed E-state index contributed by atoms with van der Waals surface area (Å²) in [5.74, 6) is -0.517. The van der Waals surface area contributed by atoms with Crippen LogP contribution in [0.4, 0.5) is 0 Å². The molecule has 3 nitrogen and oxygen atoms in total. The SMILES string of the molecule is C1=C(c2ccc(-c3ccccc3)cc2)[C@@H]2OOC3(CCCCCC3)O[C@H]2CC1. The van der Waals surface area contributed by atoms with E-state index in [1.54, 1.807) is 0 Å². The Morgan fingerprint density at radius 3 is 2.18 bits per heavy atom. The summed E-state index contributed by atoms with van der Waals surface area (Å²) in [4.78, 5) is 12.0. The van der Waals surface area contributed by atoms with Crippen LogP contribution < -0.4 is 0 Å². The molecular formula is C25H28O3. The van der Waals surface area contributed by atoms with Gasteiger partial charge in [0, 0.05) is 12.8 Å². The summed E-state index contributed by atoms with van der Waals surface area (Å²) in [5, 5.41) is 0. The molecule has 2 fully saturated rings. The second-order valence-electron chi connectivity index (χ2n) is 8.26. The van der Waals surface area contributed by atoms with Gasteiger partial charge in [-0.05, 0) is 47.9 Å². The fourth-order valence-electron chi connectivity index (χ4n) is 4.78. The summed E-state index contributed by atoms with van der Waals surface area (Å²) in [5.41, 5.74) is 4.85. The van der Waals surface area contributed by atoms with Crippen LogP contribution in [-0.4, -0.2) is 18.0 Å². The first-order chi connectivity index (χ1) is 13.8. The van der Waals surface area contributed by atoms with Crippen LogP contribution in [0.25, 0.3) is 16.7 Å². The third-order valence-corrected chi connectivity index (χ3v) is 6.32. The van der Waals surface area contributed by atoms with E-state index in [4.69, 9.17) is 14.5 Å². The van der Waals surface area contributed by atoms with E-state index in [1.165, 1.54) is 35.1 Å². The van der Waals surface area contributed by atoms with Crippen LogP contribution in [0.2, 0.25) is 0 Å². The van der Waals surface area contributed by atoms with Crippen molar-refractivity contribution in [3.63, 3.8) is 0 Å². The molecule has 1 saturated heterocycles. The summed E-state index contributed by atoms with van der Waals surface area (Å²) >= 11 is 0. The van der Waals surface area contributed by atoms with E-state index in [9.17, 15) is 0 Å². The predicted octanol–water partition coefficient (Wildman–Crippen LogP) is 6.30. The highest BCUT2D eigenvalue weighted by molar-refractivity contribution is 5.73. The van der Waals surface area contributed by atoms with Crippen LogP contribution in [0.1, 0.15) is 56.9 Å². The Morgan fingerprint density at radius 2 is 1.43 bits per heavy atom. The zero-order valence-corrected chi connectivity index (χ0v) is 16.3. The average Bonchev–Trinajstić information content (AvgIpc) is 2.99. The number of rotatable bonds is 2. The van der Waals surface area contributed by atoms with Crippen LogP contribution >= 0.6 is 0 Å². The first-order valence-corrected chi connectivity index (χ1v) is 10.7. The van der Waals surface area contributed by atoms with E-state index in [1.807, 2.05) is 6.07 Å². The zero-order chi connectivity index (χ0) is 18.8. The largest absolute Gasteiger partial charge is 0.341 e. The Hall–Kier alpha value is -1.94. The molecule has 146 valence electrons. The molecule has 28 heavy (non-hydrogen) atoms. The number of ether oxygens (including phenoxy) is 1. The second-order valence-corrected chi connectivity index (χ2v) is 8.26. The van der Waals surface area contributed by atoms with Gasteiger partial charge in [0.25, 0.3) is 0 Å². The lowest BCUT2D eigenvalue weighted by molar-refractivity contribution is -0.496. The molecule has 1 heterocycles. The molecule has 0 bridgehead atoms. The Labute approximate surface area is 167 Å². The first kappa shape index (κ1) is 18.1. The number of allylic oxidation sites excluding steroid dienone is 1. The first-order valence-electron chi connectivity index (χ1n) is 10.7. The Bertz CT molecular complexity index is 817. The van der Waals surface area contributed by atoms with Crippen LogP contribution in [-0.2, 0) is 14.5 Å². The number of hydrogen-bond donors (Lipinski definition) is 0. The minimum atomic E-state index is -0.517. The van der Waals surface area contributed by atoms with Gasteiger partial charge in [-0.2, -0.15) is 0 Å². The topological polar surface area (TPSA) is 27.7 Å². The lowest BCUT2D eigenvalue weighted by Crippen LogP contribution is -2.51. The molecule has 3 aliphatic rings. The van der Waals surface area contributed by atoms with E-state index in [-0.39, 0.29) is 12.2 Å². The van der Waals surface area contributed by atoms with Crippen molar-refractivity contribution in [1.29, 1.82) is 0 Å². The summed E-state index contributed by atoms with van der Waals surface area (Å²) in [6.45, 7) is 0. The smallest absolute Gasteiger partial charge is 0.201 e. The quantitative estimate of drug-likeness (QED) is 0.576. The van der Waals surface area contributed by atoms with E-state index in [2.05, 4.69) is 54.6 Å². The van der Waals surface area contributed by atoms with Crippen LogP contribution in [0.15, 0.2) is 60.7 Å². The van der Waals surface area contributed by atoms with Crippen LogP contribution in [0, 0.1) is 0 Å². The van der Waals surface area contributed by atoms with Crippen LogP contribution in [0.3, 0.4) is 0 Å². The van der Waals surface area contributed by atoms with Crippen molar-refractivity contribution in [3.05, 3.63) is 66.2 Å². The van der Waals surface area contributed by atoms with Gasteiger partial charge in [-0.3, -0.25) is 0 Å². The summed E-state index contributed by atoms with van der Waals surface area (Å²) in [7, 11) is 0. The molecule has 1 aliphatic heterocycles. The van der Waals surface area contributed by atoms with Crippen molar-refractivity contribution in [2.75, 3.05) is 0 Å². The molecule has 1 spiro atoms. The van der Waals surface area contributed by atoms with Crippen molar-refractivity contribution in [3.8, 4) is 11.1 Å². The molecule has 2 aromatic rings. The molecule has 0 radical (unpaired) electrons. The molecule has 1 saturated carbocycles. The molecule has 0 N–H and O–H groups in total. The lowest BCUT2D eigenvalue weighted by atomic mass is 9.87. The van der Waals surface area contributed by atoms with Gasteiger partial charge >= 0.3 is 0 Å². The Balaban J connectivity index is 1.35. The highest BCUT2D eigenvalue weighted by atomic mass is 17.2. The number of hydrogen-bond acceptors (Lipinski definition) is 3. The van der Waals surface area contributed by atoms with Crippen molar-refractivity contribution < 1.29 is 14.5 Å². The second kappa shape index (κ2) is 7.82. The molecule has 2 aromatic carbocycles. The Kier molecular flexibility index (Phi) is 5.06. The van der Waals surface area contributed by atoms with Crippen molar-refractivity contribution in [2.24, 2.45) is 0 Å². The van der Waals surface area contributed by atoms with Crippen LogP contribution in [0.5, 0.6) is 0 Å². The molecule has 0 amide bonds. The number of fused-ring (bicyclic) bond motifs is 1. The molecular weight excluding hydrogens is 348 g/mol. The maximum absolute atomic E-state index is 6.56. The standard InChI is InChI=1S/C25H28O3/c1-2-7-18-25(17-6-1)26-23-12-8-11-22(24(23)27-28-25)21-15-13-20(14-16-21)19-9-4-3-5-10-19/h3-5,9-11,13-16,23-24H,1-2,6-8,12,17-18H2/t23-,24-/m0/s1. The molecule has 2 atom stereocenters. The lowest BCUT2D eigenvalue weighted by Gasteiger charge is -2.45. The van der Waals surface area contributed by atoms with Gasteiger partial charge in [0.15, 0.2) is 0 Å². The summed E-state index contributed by atoms with van der Waals surface area (Å²) in [6, 6.07) is 19.2. The maximum atomic E-state index is 6.56. The summed E-state index contributed by atoms with van der Waals surface area (Å²) < 4.78 is 6.56. The zero-order valence-electron chi connectivity index (χ0n) is 16.3. The minimum Gasteiger partial charge on any atom is -0.341 e. The highest BCUT2D eigenvalue weighted by Crippen LogP contribution is 2.43. The van der Waals surface area contributed by atoms with Crippen molar-refractivity contribution in [2.45, 2.75) is 69.4 Å². The van der Waals surface area contributed by atoms with E-state index >= 15 is 0 Å². The monoisotopic (exact) mass is 376 g/mol. The molecule has 5 rings (SSSR count). The maximum Gasteiger partial charge on any atom is 0.201 e. The van der Waals surface area contributed by atoms with E-state index in [0.29, 0.717) is 0 Å². The molecule has 2 aliphatic carbocycles. The summed E-state index contributed by atoms with van der Waals surface area (Å²) in [6.07, 6.45) is 11.0.